The lowest BCUT2D eigenvalue weighted by Gasteiger charge is -2.36. The van der Waals surface area contributed by atoms with E-state index >= 15 is 0 Å². The van der Waals surface area contributed by atoms with Crippen LogP contribution >= 0.6 is 11.6 Å². The number of aromatic amines is 1. The summed E-state index contributed by atoms with van der Waals surface area (Å²) in [6.45, 7) is 5.30. The van der Waals surface area contributed by atoms with Gasteiger partial charge in [0.05, 0.1) is 18.4 Å². The number of anilines is 1. The molecular weight excluding hydrogens is 306 g/mol. The lowest BCUT2D eigenvalue weighted by atomic mass is 10.2. The van der Waals surface area contributed by atoms with Gasteiger partial charge < -0.3 is 9.80 Å². The summed E-state index contributed by atoms with van der Waals surface area (Å²) in [5.41, 5.74) is 0.293. The fraction of sp³-hybridized carbons (Fsp3) is 0.643. The zero-order valence-corrected chi connectivity index (χ0v) is 13.2. The lowest BCUT2D eigenvalue weighted by Crippen LogP contribution is -2.50. The van der Waals surface area contributed by atoms with Crippen molar-refractivity contribution in [2.45, 2.75) is 12.8 Å². The third-order valence-corrected chi connectivity index (χ3v) is 4.67. The molecule has 2 aliphatic heterocycles. The minimum Gasteiger partial charge on any atom is -0.366 e. The zero-order chi connectivity index (χ0) is 15.5. The Morgan fingerprint density at radius 3 is 2.55 bits per heavy atom. The van der Waals surface area contributed by atoms with Gasteiger partial charge in [0.25, 0.3) is 5.56 Å². The number of nitrogens with zero attached hydrogens (tertiary/aromatic N) is 4. The molecular formula is C14H20ClN5O2. The summed E-state index contributed by atoms with van der Waals surface area (Å²) < 4.78 is 0. The molecule has 1 aromatic rings. The average Bonchev–Trinajstić information content (AvgIpc) is 3.05. The van der Waals surface area contributed by atoms with Crippen LogP contribution in [0.2, 0.25) is 5.02 Å². The number of hydrogen-bond donors (Lipinski definition) is 1. The van der Waals surface area contributed by atoms with E-state index in [9.17, 15) is 9.59 Å². The highest BCUT2D eigenvalue weighted by Crippen LogP contribution is 2.21. The number of H-pyrrole nitrogens is 1. The Balaban J connectivity index is 1.55. The molecule has 0 atom stereocenters. The third-order valence-electron chi connectivity index (χ3n) is 4.31. The van der Waals surface area contributed by atoms with Crippen LogP contribution < -0.4 is 10.5 Å². The number of carbonyl (C=O) groups is 1. The molecule has 1 amide bonds. The normalized spacial score (nSPS) is 19.7. The van der Waals surface area contributed by atoms with Gasteiger partial charge in [-0.3, -0.25) is 14.5 Å². The quantitative estimate of drug-likeness (QED) is 0.857. The molecule has 3 heterocycles. The number of amides is 1. The van der Waals surface area contributed by atoms with Gasteiger partial charge >= 0.3 is 0 Å². The first-order chi connectivity index (χ1) is 10.6. The summed E-state index contributed by atoms with van der Waals surface area (Å²) >= 11 is 6.03. The van der Waals surface area contributed by atoms with E-state index < -0.39 is 0 Å². The van der Waals surface area contributed by atoms with Gasteiger partial charge in [0, 0.05) is 39.3 Å². The molecule has 120 valence electrons. The molecule has 2 aliphatic rings. The molecule has 2 saturated heterocycles. The van der Waals surface area contributed by atoms with Crippen LogP contribution in [0.25, 0.3) is 0 Å². The standard InChI is InChI=1S/C14H20ClN5O2/c15-13-11(9-16-17-14(13)22)19-7-5-18(6-8-19)10-12(21)20-3-1-2-4-20/h9H,1-8,10H2,(H,17,22). The maximum atomic E-state index is 12.2. The van der Waals surface area contributed by atoms with E-state index in [1.54, 1.807) is 6.20 Å². The van der Waals surface area contributed by atoms with Crippen LogP contribution in [0.4, 0.5) is 5.69 Å². The second-order valence-corrected chi connectivity index (χ2v) is 6.13. The van der Waals surface area contributed by atoms with Crippen molar-refractivity contribution in [2.75, 3.05) is 50.7 Å². The maximum absolute atomic E-state index is 12.2. The molecule has 7 nitrogen and oxygen atoms in total. The number of hydrogen-bond acceptors (Lipinski definition) is 5. The van der Waals surface area contributed by atoms with Crippen molar-refractivity contribution < 1.29 is 4.79 Å². The Hall–Kier alpha value is -1.60. The molecule has 0 spiro atoms. The van der Waals surface area contributed by atoms with Gasteiger partial charge in [-0.1, -0.05) is 11.6 Å². The average molecular weight is 326 g/mol. The smallest absolute Gasteiger partial charge is 0.285 e. The van der Waals surface area contributed by atoms with Crippen molar-refractivity contribution in [2.24, 2.45) is 0 Å². The fourth-order valence-corrected chi connectivity index (χ4v) is 3.21. The van der Waals surface area contributed by atoms with E-state index in [0.717, 1.165) is 52.1 Å². The number of rotatable bonds is 3. The van der Waals surface area contributed by atoms with Crippen molar-refractivity contribution in [3.63, 3.8) is 0 Å². The lowest BCUT2D eigenvalue weighted by molar-refractivity contribution is -0.131. The van der Waals surface area contributed by atoms with Crippen LogP contribution in [0.15, 0.2) is 11.0 Å². The summed E-state index contributed by atoms with van der Waals surface area (Å²) in [7, 11) is 0. The van der Waals surface area contributed by atoms with Crippen LogP contribution in [0, 0.1) is 0 Å². The van der Waals surface area contributed by atoms with E-state index in [2.05, 4.69) is 15.1 Å². The number of carbonyl (C=O) groups excluding carboxylic acids is 1. The van der Waals surface area contributed by atoms with Crippen molar-refractivity contribution in [3.05, 3.63) is 21.6 Å². The van der Waals surface area contributed by atoms with E-state index in [0.29, 0.717) is 12.2 Å². The highest BCUT2D eigenvalue weighted by Gasteiger charge is 2.24. The molecule has 0 saturated carbocycles. The molecule has 8 heteroatoms. The van der Waals surface area contributed by atoms with Crippen LogP contribution in [0.1, 0.15) is 12.8 Å². The van der Waals surface area contributed by atoms with Gasteiger partial charge in [-0.25, -0.2) is 5.10 Å². The van der Waals surface area contributed by atoms with Crippen molar-refractivity contribution in [1.29, 1.82) is 0 Å². The Bertz CT molecular complexity index is 591. The molecule has 0 bridgehead atoms. The summed E-state index contributed by atoms with van der Waals surface area (Å²) in [4.78, 5) is 29.8. The molecule has 0 aliphatic carbocycles. The Kier molecular flexibility index (Phi) is 4.63. The van der Waals surface area contributed by atoms with Crippen LogP contribution in [-0.2, 0) is 4.79 Å². The highest BCUT2D eigenvalue weighted by atomic mass is 35.5. The van der Waals surface area contributed by atoms with Gasteiger partial charge in [0.2, 0.25) is 5.91 Å². The number of halogens is 1. The summed E-state index contributed by atoms with van der Waals surface area (Å²) in [6, 6.07) is 0. The molecule has 0 aromatic carbocycles. The molecule has 2 fully saturated rings. The van der Waals surface area contributed by atoms with Crippen molar-refractivity contribution in [3.8, 4) is 0 Å². The first kappa shape index (κ1) is 15.3. The molecule has 1 N–H and O–H groups in total. The predicted octanol–water partition coefficient (Wildman–Crippen LogP) is 0.168. The van der Waals surface area contributed by atoms with E-state index in [4.69, 9.17) is 11.6 Å². The molecule has 1 aromatic heterocycles. The summed E-state index contributed by atoms with van der Waals surface area (Å²) in [5.74, 6) is 0.224. The van der Waals surface area contributed by atoms with Gasteiger partial charge in [-0.15, -0.1) is 0 Å². The van der Waals surface area contributed by atoms with Crippen molar-refractivity contribution in [1.82, 2.24) is 20.0 Å². The molecule has 22 heavy (non-hydrogen) atoms. The van der Waals surface area contributed by atoms with Gasteiger partial charge in [-0.2, -0.15) is 5.10 Å². The Morgan fingerprint density at radius 2 is 1.86 bits per heavy atom. The number of likely N-dealkylation sites (tertiary alicyclic amines) is 1. The largest absolute Gasteiger partial charge is 0.366 e. The first-order valence-electron chi connectivity index (χ1n) is 7.63. The second-order valence-electron chi connectivity index (χ2n) is 5.75. The fourth-order valence-electron chi connectivity index (χ4n) is 3.00. The monoisotopic (exact) mass is 325 g/mol. The number of nitrogens with one attached hydrogen (secondary N) is 1. The van der Waals surface area contributed by atoms with Gasteiger partial charge in [0.1, 0.15) is 5.02 Å². The Morgan fingerprint density at radius 1 is 1.18 bits per heavy atom. The second kappa shape index (κ2) is 6.66. The van der Waals surface area contributed by atoms with Gasteiger partial charge in [-0.05, 0) is 12.8 Å². The van der Waals surface area contributed by atoms with E-state index in [1.807, 2.05) is 9.80 Å². The maximum Gasteiger partial charge on any atom is 0.285 e. The molecule has 0 radical (unpaired) electrons. The molecule has 3 rings (SSSR count). The summed E-state index contributed by atoms with van der Waals surface area (Å²) in [5, 5.41) is 6.30. The first-order valence-corrected chi connectivity index (χ1v) is 8.01. The minimum atomic E-state index is -0.370. The molecule has 0 unspecified atom stereocenters. The number of piperazine rings is 1. The zero-order valence-electron chi connectivity index (χ0n) is 12.4. The van der Waals surface area contributed by atoms with E-state index in [-0.39, 0.29) is 16.5 Å². The van der Waals surface area contributed by atoms with Crippen molar-refractivity contribution >= 4 is 23.2 Å². The Labute approximate surface area is 133 Å². The predicted molar refractivity (Wildman–Crippen MR) is 84.3 cm³/mol. The van der Waals surface area contributed by atoms with Gasteiger partial charge in [0.15, 0.2) is 0 Å². The van der Waals surface area contributed by atoms with E-state index in [1.165, 1.54) is 0 Å². The minimum absolute atomic E-state index is 0.177. The third kappa shape index (κ3) is 3.25. The summed E-state index contributed by atoms with van der Waals surface area (Å²) in [6.07, 6.45) is 3.82. The SMILES string of the molecule is O=C(CN1CCN(c2cn[nH]c(=O)c2Cl)CC1)N1CCCC1. The van der Waals surface area contributed by atoms with Crippen LogP contribution in [-0.4, -0.2) is 71.7 Å². The number of aromatic nitrogens is 2. The van der Waals surface area contributed by atoms with Crippen LogP contribution in [0.5, 0.6) is 0 Å². The topological polar surface area (TPSA) is 72.5 Å². The highest BCUT2D eigenvalue weighted by molar-refractivity contribution is 6.33. The van der Waals surface area contributed by atoms with Crippen LogP contribution in [0.3, 0.4) is 0 Å².